The summed E-state index contributed by atoms with van der Waals surface area (Å²) in [5.74, 6) is 0. The van der Waals surface area contributed by atoms with E-state index >= 15 is 0 Å². The Kier molecular flexibility index (Phi) is 5.17. The van der Waals surface area contributed by atoms with Crippen molar-refractivity contribution >= 4 is 10.9 Å². The van der Waals surface area contributed by atoms with Crippen LogP contribution in [-0.4, -0.2) is 40.3 Å². The quantitative estimate of drug-likeness (QED) is 0.674. The molecule has 0 saturated heterocycles. The van der Waals surface area contributed by atoms with Gasteiger partial charge in [0.05, 0.1) is 12.1 Å². The smallest absolute Gasteiger partial charge is 0.0791 e. The normalized spacial score (nSPS) is 20.0. The summed E-state index contributed by atoms with van der Waals surface area (Å²) in [6.45, 7) is 6.41. The first kappa shape index (κ1) is 18.9. The van der Waals surface area contributed by atoms with E-state index in [-0.39, 0.29) is 6.10 Å². The van der Waals surface area contributed by atoms with E-state index in [2.05, 4.69) is 64.2 Å². The fraction of sp³-hybridized carbons (Fsp3) is 0.440. The maximum absolute atomic E-state index is 10.7. The number of rotatable bonds is 6. The van der Waals surface area contributed by atoms with E-state index in [1.807, 2.05) is 6.07 Å². The van der Waals surface area contributed by atoms with Gasteiger partial charge in [-0.15, -0.1) is 0 Å². The van der Waals surface area contributed by atoms with Crippen LogP contribution in [0.5, 0.6) is 0 Å². The number of fused-ring (bicyclic) bond motifs is 3. The van der Waals surface area contributed by atoms with Crippen molar-refractivity contribution in [1.29, 1.82) is 0 Å². The SMILES string of the molecule is Cc1ccc2c(c1)c1c3n2CCN(C[C@@H](O)CNCc2ccccc2)[C@@H]3CCC1. The van der Waals surface area contributed by atoms with Crippen LogP contribution in [0.4, 0.5) is 0 Å². The number of nitrogens with zero attached hydrogens (tertiary/aromatic N) is 2. The zero-order valence-corrected chi connectivity index (χ0v) is 17.3. The standard InChI is InChI=1S/C25H31N3O/c1-18-10-11-23-22(14-18)21-8-5-9-24-25(21)28(23)13-12-27(24)17-20(29)16-26-15-19-6-3-2-4-7-19/h2-4,6-7,10-11,14,20,24,26,29H,5,8-9,12-13,15-17H2,1H3/t20-,24+/m0/s1. The Labute approximate surface area is 173 Å². The molecule has 5 rings (SSSR count). The summed E-state index contributed by atoms with van der Waals surface area (Å²) in [6, 6.07) is 17.7. The van der Waals surface area contributed by atoms with Crippen molar-refractivity contribution in [2.24, 2.45) is 0 Å². The van der Waals surface area contributed by atoms with E-state index in [4.69, 9.17) is 0 Å². The third kappa shape index (κ3) is 3.61. The minimum atomic E-state index is -0.345. The van der Waals surface area contributed by atoms with Crippen LogP contribution >= 0.6 is 0 Å². The Morgan fingerprint density at radius 1 is 1.14 bits per heavy atom. The van der Waals surface area contributed by atoms with Gasteiger partial charge in [0.15, 0.2) is 0 Å². The highest BCUT2D eigenvalue weighted by Gasteiger charge is 2.35. The van der Waals surface area contributed by atoms with Gasteiger partial charge in [-0.3, -0.25) is 4.90 Å². The summed E-state index contributed by atoms with van der Waals surface area (Å²) < 4.78 is 2.56. The number of benzene rings is 2. The number of hydrogen-bond donors (Lipinski definition) is 2. The highest BCUT2D eigenvalue weighted by atomic mass is 16.3. The molecule has 0 bridgehead atoms. The summed E-state index contributed by atoms with van der Waals surface area (Å²) in [5.41, 5.74) is 7.08. The van der Waals surface area contributed by atoms with Crippen LogP contribution in [-0.2, 0) is 19.5 Å². The van der Waals surface area contributed by atoms with Crippen molar-refractivity contribution in [3.63, 3.8) is 0 Å². The van der Waals surface area contributed by atoms with Gasteiger partial charge in [0.1, 0.15) is 0 Å². The second-order valence-corrected chi connectivity index (χ2v) is 8.71. The molecule has 2 aliphatic rings. The molecular weight excluding hydrogens is 358 g/mol. The molecule has 1 aliphatic heterocycles. The van der Waals surface area contributed by atoms with Crippen molar-refractivity contribution in [1.82, 2.24) is 14.8 Å². The highest BCUT2D eigenvalue weighted by Crippen LogP contribution is 2.42. The van der Waals surface area contributed by atoms with Crippen LogP contribution in [0.2, 0.25) is 0 Å². The molecule has 1 aliphatic carbocycles. The van der Waals surface area contributed by atoms with Gasteiger partial charge in [-0.1, -0.05) is 42.0 Å². The lowest BCUT2D eigenvalue weighted by Gasteiger charge is -2.40. The van der Waals surface area contributed by atoms with Gasteiger partial charge in [-0.25, -0.2) is 0 Å². The van der Waals surface area contributed by atoms with Gasteiger partial charge in [0.25, 0.3) is 0 Å². The first-order chi connectivity index (χ1) is 14.2. The van der Waals surface area contributed by atoms with Crippen LogP contribution in [0.15, 0.2) is 48.5 Å². The molecule has 0 amide bonds. The van der Waals surface area contributed by atoms with Gasteiger partial charge < -0.3 is 15.0 Å². The third-order valence-electron chi connectivity index (χ3n) is 6.64. The average Bonchev–Trinajstić information content (AvgIpc) is 3.05. The lowest BCUT2D eigenvalue weighted by molar-refractivity contribution is 0.0639. The number of nitrogens with one attached hydrogen (secondary N) is 1. The molecular formula is C25H31N3O. The molecule has 0 unspecified atom stereocenters. The molecule has 3 aromatic rings. The fourth-order valence-electron chi connectivity index (χ4n) is 5.32. The molecule has 0 spiro atoms. The van der Waals surface area contributed by atoms with Crippen LogP contribution in [0, 0.1) is 6.92 Å². The maximum atomic E-state index is 10.7. The van der Waals surface area contributed by atoms with Gasteiger partial charge in [0.2, 0.25) is 0 Å². The fourth-order valence-corrected chi connectivity index (χ4v) is 5.32. The van der Waals surface area contributed by atoms with Gasteiger partial charge in [-0.2, -0.15) is 0 Å². The van der Waals surface area contributed by atoms with E-state index in [1.165, 1.54) is 47.0 Å². The van der Waals surface area contributed by atoms with Crippen molar-refractivity contribution in [3.8, 4) is 0 Å². The van der Waals surface area contributed by atoms with Crippen molar-refractivity contribution in [2.45, 2.75) is 51.4 Å². The third-order valence-corrected chi connectivity index (χ3v) is 6.64. The molecule has 4 nitrogen and oxygen atoms in total. The van der Waals surface area contributed by atoms with Crippen LogP contribution in [0.1, 0.15) is 41.3 Å². The summed E-state index contributed by atoms with van der Waals surface area (Å²) in [4.78, 5) is 2.53. The number of aliphatic hydroxyl groups is 1. The molecule has 0 saturated carbocycles. The minimum absolute atomic E-state index is 0.345. The molecule has 2 N–H and O–H groups in total. The molecule has 0 fully saturated rings. The molecule has 29 heavy (non-hydrogen) atoms. The number of aromatic nitrogens is 1. The first-order valence-electron chi connectivity index (χ1n) is 11.0. The number of aliphatic hydroxyl groups excluding tert-OH is 1. The Bertz CT molecular complexity index is 994. The summed E-state index contributed by atoms with van der Waals surface area (Å²) in [7, 11) is 0. The second kappa shape index (κ2) is 7.94. The number of hydrogen-bond acceptors (Lipinski definition) is 3. The Hall–Kier alpha value is -2.14. The van der Waals surface area contributed by atoms with Crippen molar-refractivity contribution < 1.29 is 5.11 Å². The average molecular weight is 390 g/mol. The van der Waals surface area contributed by atoms with Crippen LogP contribution in [0.3, 0.4) is 0 Å². The number of β-amino-alcohol motifs (C(OH)–C–C–N with tert-alkyl or cyclic N) is 1. The molecule has 0 radical (unpaired) electrons. The van der Waals surface area contributed by atoms with E-state index in [0.29, 0.717) is 12.6 Å². The molecule has 2 atom stereocenters. The second-order valence-electron chi connectivity index (χ2n) is 8.71. The van der Waals surface area contributed by atoms with Crippen molar-refractivity contribution in [3.05, 3.63) is 70.9 Å². The Balaban J connectivity index is 1.29. The molecule has 2 heterocycles. The minimum Gasteiger partial charge on any atom is -0.390 e. The summed E-state index contributed by atoms with van der Waals surface area (Å²) in [6.07, 6.45) is 3.28. The maximum Gasteiger partial charge on any atom is 0.0791 e. The summed E-state index contributed by atoms with van der Waals surface area (Å²) in [5, 5.41) is 15.6. The topological polar surface area (TPSA) is 40.4 Å². The van der Waals surface area contributed by atoms with E-state index in [1.54, 1.807) is 5.56 Å². The largest absolute Gasteiger partial charge is 0.390 e. The van der Waals surface area contributed by atoms with Crippen LogP contribution in [0.25, 0.3) is 10.9 Å². The zero-order chi connectivity index (χ0) is 19.8. The van der Waals surface area contributed by atoms with Crippen molar-refractivity contribution in [2.75, 3.05) is 19.6 Å². The summed E-state index contributed by atoms with van der Waals surface area (Å²) >= 11 is 0. The lowest BCUT2D eigenvalue weighted by atomic mass is 9.89. The Morgan fingerprint density at radius 3 is 2.86 bits per heavy atom. The molecule has 152 valence electrons. The van der Waals surface area contributed by atoms with Gasteiger partial charge >= 0.3 is 0 Å². The predicted octanol–water partition coefficient (Wildman–Crippen LogP) is 3.79. The van der Waals surface area contributed by atoms with E-state index in [0.717, 1.165) is 26.2 Å². The monoisotopic (exact) mass is 389 g/mol. The lowest BCUT2D eigenvalue weighted by Crippen LogP contribution is -2.45. The highest BCUT2D eigenvalue weighted by molar-refractivity contribution is 5.87. The number of aryl methyl sites for hydroxylation is 2. The van der Waals surface area contributed by atoms with Gasteiger partial charge in [0, 0.05) is 49.3 Å². The Morgan fingerprint density at radius 2 is 2.00 bits per heavy atom. The first-order valence-corrected chi connectivity index (χ1v) is 11.0. The van der Waals surface area contributed by atoms with E-state index < -0.39 is 0 Å². The zero-order valence-electron chi connectivity index (χ0n) is 17.3. The van der Waals surface area contributed by atoms with Crippen LogP contribution < -0.4 is 5.32 Å². The van der Waals surface area contributed by atoms with E-state index in [9.17, 15) is 5.11 Å². The molecule has 4 heteroatoms. The predicted molar refractivity (Wildman–Crippen MR) is 118 cm³/mol. The molecule has 1 aromatic heterocycles. The van der Waals surface area contributed by atoms with Gasteiger partial charge in [-0.05, 0) is 49.4 Å². The molecule has 2 aromatic carbocycles.